The predicted octanol–water partition coefficient (Wildman–Crippen LogP) is 0.309. The summed E-state index contributed by atoms with van der Waals surface area (Å²) in [6, 6.07) is -0.143. The van der Waals surface area contributed by atoms with Gasteiger partial charge in [0.05, 0.1) is 23.8 Å². The van der Waals surface area contributed by atoms with Gasteiger partial charge in [0.25, 0.3) is 0 Å². The van der Waals surface area contributed by atoms with Crippen LogP contribution in [0.2, 0.25) is 0 Å². The molecule has 0 aliphatic carbocycles. The van der Waals surface area contributed by atoms with E-state index in [1.807, 2.05) is 11.9 Å². The van der Waals surface area contributed by atoms with E-state index in [2.05, 4.69) is 15.3 Å². The Balaban J connectivity index is 1.55. The molecular weight excluding hydrogens is 256 g/mol. The molecule has 0 bridgehead atoms. The average molecular weight is 278 g/mol. The Bertz CT molecular complexity index is 467. The van der Waals surface area contributed by atoms with Gasteiger partial charge >= 0.3 is 0 Å². The van der Waals surface area contributed by atoms with Crippen LogP contribution in [-0.4, -0.2) is 53.6 Å². The summed E-state index contributed by atoms with van der Waals surface area (Å²) in [6.07, 6.45) is 4.49. The first-order valence-electron chi connectivity index (χ1n) is 7.31. The third kappa shape index (κ3) is 2.86. The number of carbonyl (C=O) groups is 1. The van der Waals surface area contributed by atoms with Crippen LogP contribution in [0.25, 0.3) is 0 Å². The Morgan fingerprint density at radius 1 is 1.50 bits per heavy atom. The summed E-state index contributed by atoms with van der Waals surface area (Å²) in [7, 11) is 1.90. The highest BCUT2D eigenvalue weighted by molar-refractivity contribution is 5.82. The molecule has 0 saturated carbocycles. The number of likely N-dealkylation sites (N-methyl/N-ethyl adjacent to an activating group) is 1. The van der Waals surface area contributed by atoms with Gasteiger partial charge in [0, 0.05) is 39.8 Å². The third-order valence-corrected chi connectivity index (χ3v) is 4.28. The zero-order chi connectivity index (χ0) is 13.9. The zero-order valence-corrected chi connectivity index (χ0v) is 11.9. The van der Waals surface area contributed by atoms with Crippen LogP contribution < -0.4 is 5.32 Å². The highest BCUT2D eigenvalue weighted by Crippen LogP contribution is 2.17. The van der Waals surface area contributed by atoms with Gasteiger partial charge in [-0.25, -0.2) is 4.98 Å². The van der Waals surface area contributed by atoms with E-state index < -0.39 is 0 Å². The summed E-state index contributed by atoms with van der Waals surface area (Å²) in [5.41, 5.74) is 2.11. The Morgan fingerprint density at radius 2 is 2.30 bits per heavy atom. The molecule has 6 nitrogen and oxygen atoms in total. The molecule has 1 fully saturated rings. The summed E-state index contributed by atoms with van der Waals surface area (Å²) in [4.78, 5) is 21.7. The number of ether oxygens (including phenoxy) is 1. The summed E-state index contributed by atoms with van der Waals surface area (Å²) < 4.78 is 5.36. The molecule has 1 aromatic heterocycles. The van der Waals surface area contributed by atoms with Crippen molar-refractivity contribution in [2.24, 2.45) is 5.92 Å². The number of aromatic amines is 1. The van der Waals surface area contributed by atoms with E-state index in [-0.39, 0.29) is 11.9 Å². The van der Waals surface area contributed by atoms with Crippen molar-refractivity contribution in [1.29, 1.82) is 0 Å². The molecule has 0 radical (unpaired) electrons. The zero-order valence-electron chi connectivity index (χ0n) is 11.9. The molecule has 20 heavy (non-hydrogen) atoms. The lowest BCUT2D eigenvalue weighted by Crippen LogP contribution is -2.49. The number of carbonyl (C=O) groups excluding carboxylic acids is 1. The molecule has 2 N–H and O–H groups in total. The van der Waals surface area contributed by atoms with Crippen molar-refractivity contribution < 1.29 is 9.53 Å². The first-order chi connectivity index (χ1) is 9.74. The van der Waals surface area contributed by atoms with Crippen molar-refractivity contribution >= 4 is 5.91 Å². The minimum absolute atomic E-state index is 0.143. The summed E-state index contributed by atoms with van der Waals surface area (Å²) >= 11 is 0. The van der Waals surface area contributed by atoms with Crippen molar-refractivity contribution in [3.63, 3.8) is 0 Å². The lowest BCUT2D eigenvalue weighted by atomic mass is 9.98. The fourth-order valence-electron chi connectivity index (χ4n) is 3.02. The first kappa shape index (κ1) is 13.6. The highest BCUT2D eigenvalue weighted by atomic mass is 16.5. The molecular formula is C14H22N4O2. The van der Waals surface area contributed by atoms with Crippen LogP contribution in [0, 0.1) is 5.92 Å². The number of nitrogens with one attached hydrogen (secondary N) is 2. The Hall–Kier alpha value is -1.40. The average Bonchev–Trinajstić information content (AvgIpc) is 2.94. The molecule has 1 amide bonds. The predicted molar refractivity (Wildman–Crippen MR) is 74.1 cm³/mol. The molecule has 1 unspecified atom stereocenters. The van der Waals surface area contributed by atoms with Crippen LogP contribution >= 0.6 is 0 Å². The molecule has 1 atom stereocenters. The molecule has 2 aliphatic rings. The topological polar surface area (TPSA) is 70.2 Å². The maximum atomic E-state index is 12.5. The van der Waals surface area contributed by atoms with E-state index in [9.17, 15) is 4.79 Å². The Kier molecular flexibility index (Phi) is 4.03. The number of amides is 1. The molecule has 110 valence electrons. The number of aromatic nitrogens is 2. The molecule has 6 heteroatoms. The minimum atomic E-state index is -0.143. The second kappa shape index (κ2) is 5.93. The molecule has 3 heterocycles. The van der Waals surface area contributed by atoms with Crippen LogP contribution in [0.4, 0.5) is 0 Å². The normalized spacial score (nSPS) is 23.4. The molecule has 1 saturated heterocycles. The van der Waals surface area contributed by atoms with Gasteiger partial charge in [-0.2, -0.15) is 0 Å². The van der Waals surface area contributed by atoms with Crippen LogP contribution in [0.15, 0.2) is 6.33 Å². The van der Waals surface area contributed by atoms with Crippen LogP contribution in [0.5, 0.6) is 0 Å². The molecule has 0 aromatic carbocycles. The maximum absolute atomic E-state index is 12.5. The molecule has 1 aromatic rings. The maximum Gasteiger partial charge on any atom is 0.239 e. The number of hydrogen-bond acceptors (Lipinski definition) is 4. The summed E-state index contributed by atoms with van der Waals surface area (Å²) in [6.45, 7) is 3.17. The van der Waals surface area contributed by atoms with Crippen molar-refractivity contribution in [2.45, 2.75) is 31.8 Å². The van der Waals surface area contributed by atoms with Crippen molar-refractivity contribution in [3.8, 4) is 0 Å². The first-order valence-corrected chi connectivity index (χ1v) is 7.31. The largest absolute Gasteiger partial charge is 0.381 e. The molecule has 2 aliphatic heterocycles. The molecule has 3 rings (SSSR count). The van der Waals surface area contributed by atoms with Gasteiger partial charge in [-0.1, -0.05) is 0 Å². The van der Waals surface area contributed by atoms with E-state index in [1.54, 1.807) is 6.33 Å². The standard InChI is InChI=1S/C14H22N4O2/c1-18(8-10-2-4-20-5-3-10)14(19)12-6-11-13(7-15-12)17-9-16-11/h9-10,12,15H,2-8H2,1H3,(H,16,17). The fraction of sp³-hybridized carbons (Fsp3) is 0.714. The van der Waals surface area contributed by atoms with E-state index in [0.29, 0.717) is 18.9 Å². The summed E-state index contributed by atoms with van der Waals surface area (Å²) in [5, 5.41) is 3.29. The fourth-order valence-corrected chi connectivity index (χ4v) is 3.02. The van der Waals surface area contributed by atoms with Crippen LogP contribution in [0.1, 0.15) is 24.2 Å². The van der Waals surface area contributed by atoms with Gasteiger partial charge in [-0.3, -0.25) is 10.1 Å². The SMILES string of the molecule is CN(CC1CCOCC1)C(=O)C1Cc2nc[nH]c2CN1. The van der Waals surface area contributed by atoms with Crippen molar-refractivity contribution in [2.75, 3.05) is 26.8 Å². The van der Waals surface area contributed by atoms with E-state index >= 15 is 0 Å². The quantitative estimate of drug-likeness (QED) is 0.835. The van der Waals surface area contributed by atoms with Crippen molar-refractivity contribution in [3.05, 3.63) is 17.7 Å². The van der Waals surface area contributed by atoms with Gasteiger partial charge in [0.15, 0.2) is 0 Å². The monoisotopic (exact) mass is 278 g/mol. The minimum Gasteiger partial charge on any atom is -0.381 e. The van der Waals surface area contributed by atoms with Crippen LogP contribution in [0.3, 0.4) is 0 Å². The number of fused-ring (bicyclic) bond motifs is 1. The lowest BCUT2D eigenvalue weighted by molar-refractivity contribution is -0.133. The van der Waals surface area contributed by atoms with Gasteiger partial charge in [0.2, 0.25) is 5.91 Å². The number of H-pyrrole nitrogens is 1. The molecule has 0 spiro atoms. The third-order valence-electron chi connectivity index (χ3n) is 4.28. The number of nitrogens with zero attached hydrogens (tertiary/aromatic N) is 2. The second-order valence-electron chi connectivity index (χ2n) is 5.74. The van der Waals surface area contributed by atoms with E-state index in [1.165, 1.54) is 0 Å². The second-order valence-corrected chi connectivity index (χ2v) is 5.74. The van der Waals surface area contributed by atoms with Gasteiger partial charge in [-0.15, -0.1) is 0 Å². The van der Waals surface area contributed by atoms with Gasteiger partial charge < -0.3 is 14.6 Å². The number of imidazole rings is 1. The lowest BCUT2D eigenvalue weighted by Gasteiger charge is -2.31. The van der Waals surface area contributed by atoms with Crippen LogP contribution in [-0.2, 0) is 22.5 Å². The van der Waals surface area contributed by atoms with Gasteiger partial charge in [-0.05, 0) is 18.8 Å². The van der Waals surface area contributed by atoms with Crippen molar-refractivity contribution in [1.82, 2.24) is 20.2 Å². The number of hydrogen-bond donors (Lipinski definition) is 2. The smallest absolute Gasteiger partial charge is 0.239 e. The Labute approximate surface area is 118 Å². The highest BCUT2D eigenvalue weighted by Gasteiger charge is 2.29. The van der Waals surface area contributed by atoms with E-state index in [4.69, 9.17) is 4.74 Å². The summed E-state index contributed by atoms with van der Waals surface area (Å²) in [5.74, 6) is 0.743. The van der Waals surface area contributed by atoms with E-state index in [0.717, 1.165) is 44.0 Å². The Morgan fingerprint density at radius 3 is 3.10 bits per heavy atom. The number of rotatable bonds is 3. The van der Waals surface area contributed by atoms with Gasteiger partial charge in [0.1, 0.15) is 0 Å².